The molecule has 134 valence electrons. The van der Waals surface area contributed by atoms with Gasteiger partial charge >= 0.3 is 0 Å². The van der Waals surface area contributed by atoms with Crippen LogP contribution in [0.15, 0.2) is 41.1 Å². The molecule has 0 bridgehead atoms. The Morgan fingerprint density at radius 3 is 2.88 bits per heavy atom. The van der Waals surface area contributed by atoms with Crippen LogP contribution in [0, 0.1) is 6.92 Å². The maximum absolute atomic E-state index is 12.6. The largest absolute Gasteiger partial charge is 0.463 e. The molecule has 0 aliphatic carbocycles. The number of nitrogens with one attached hydrogen (secondary N) is 2. The molecule has 1 amide bonds. The summed E-state index contributed by atoms with van der Waals surface area (Å²) in [4.78, 5) is 22.7. The van der Waals surface area contributed by atoms with Gasteiger partial charge in [-0.2, -0.15) is 0 Å². The van der Waals surface area contributed by atoms with Crippen LogP contribution in [-0.2, 0) is 0 Å². The van der Waals surface area contributed by atoms with Gasteiger partial charge in [0, 0.05) is 11.1 Å². The highest BCUT2D eigenvalue weighted by atomic mass is 32.1. The van der Waals surface area contributed by atoms with Crippen molar-refractivity contribution in [1.82, 2.24) is 15.3 Å². The monoisotopic (exact) mass is 368 g/mol. The first kappa shape index (κ1) is 16.9. The van der Waals surface area contributed by atoms with Gasteiger partial charge in [-0.05, 0) is 63.0 Å². The zero-order valence-electron chi connectivity index (χ0n) is 14.5. The van der Waals surface area contributed by atoms with E-state index in [9.17, 15) is 4.79 Å². The van der Waals surface area contributed by atoms with Crippen molar-refractivity contribution in [2.45, 2.75) is 25.7 Å². The van der Waals surface area contributed by atoms with Crippen molar-refractivity contribution in [3.05, 3.63) is 52.9 Å². The molecule has 26 heavy (non-hydrogen) atoms. The smallest absolute Gasteiger partial charge is 0.259 e. The lowest BCUT2D eigenvalue weighted by molar-refractivity contribution is 0.102. The Labute approximate surface area is 155 Å². The van der Waals surface area contributed by atoms with Crippen LogP contribution in [0.25, 0.3) is 11.5 Å². The van der Waals surface area contributed by atoms with Crippen LogP contribution in [0.5, 0.6) is 0 Å². The summed E-state index contributed by atoms with van der Waals surface area (Å²) in [6.07, 6.45) is 5.73. The maximum atomic E-state index is 12.6. The second-order valence-electron chi connectivity index (χ2n) is 6.35. The summed E-state index contributed by atoms with van der Waals surface area (Å²) in [6, 6.07) is 7.23. The third-order valence-electron chi connectivity index (χ3n) is 4.59. The lowest BCUT2D eigenvalue weighted by Crippen LogP contribution is -2.26. The molecule has 2 N–H and O–H groups in total. The van der Waals surface area contributed by atoms with E-state index >= 15 is 0 Å². The number of furan rings is 1. The van der Waals surface area contributed by atoms with Crippen molar-refractivity contribution in [2.24, 2.45) is 0 Å². The van der Waals surface area contributed by atoms with E-state index in [4.69, 9.17) is 4.42 Å². The minimum absolute atomic E-state index is 0.188. The van der Waals surface area contributed by atoms with Gasteiger partial charge in [0.2, 0.25) is 0 Å². The number of piperidine rings is 1. The molecule has 1 aliphatic rings. The number of carbonyl (C=O) groups is 1. The lowest BCUT2D eigenvalue weighted by Gasteiger charge is -2.20. The predicted molar refractivity (Wildman–Crippen MR) is 102 cm³/mol. The number of rotatable bonds is 4. The molecule has 7 heteroatoms. The molecule has 0 unspecified atom stereocenters. The van der Waals surface area contributed by atoms with Gasteiger partial charge in [0.25, 0.3) is 5.91 Å². The van der Waals surface area contributed by atoms with Crippen LogP contribution < -0.4 is 10.6 Å². The number of aromatic nitrogens is 2. The molecule has 0 radical (unpaired) electrons. The van der Waals surface area contributed by atoms with E-state index in [-0.39, 0.29) is 5.91 Å². The molecule has 4 heterocycles. The highest BCUT2D eigenvalue weighted by molar-refractivity contribution is 7.15. The van der Waals surface area contributed by atoms with E-state index < -0.39 is 0 Å². The Balaban J connectivity index is 1.47. The van der Waals surface area contributed by atoms with Crippen LogP contribution in [0.2, 0.25) is 0 Å². The number of hydrogen-bond acceptors (Lipinski definition) is 6. The van der Waals surface area contributed by atoms with E-state index in [0.717, 1.165) is 25.9 Å². The van der Waals surface area contributed by atoms with Crippen LogP contribution >= 0.6 is 11.3 Å². The Bertz CT molecular complexity index is 898. The quantitative estimate of drug-likeness (QED) is 0.732. The average Bonchev–Trinajstić information content (AvgIpc) is 3.34. The molecule has 0 atom stereocenters. The van der Waals surface area contributed by atoms with E-state index in [1.807, 2.05) is 25.3 Å². The standard InChI is InChI=1S/C19H20N4O2S/c1-12-14(4-5-15(22-12)16-3-2-10-25-16)18(24)23-19-21-11-17(26-19)13-6-8-20-9-7-13/h2-5,10-11,13,20H,6-9H2,1H3,(H,21,23,24). The summed E-state index contributed by atoms with van der Waals surface area (Å²) in [6.45, 7) is 3.90. The predicted octanol–water partition coefficient (Wildman–Crippen LogP) is 3.83. The molecular formula is C19H20N4O2S. The van der Waals surface area contributed by atoms with Crippen LogP contribution in [0.4, 0.5) is 5.13 Å². The van der Waals surface area contributed by atoms with Gasteiger partial charge in [-0.3, -0.25) is 10.1 Å². The van der Waals surface area contributed by atoms with Crippen LogP contribution in [0.1, 0.15) is 39.7 Å². The van der Waals surface area contributed by atoms with Gasteiger partial charge in [0.1, 0.15) is 5.69 Å². The second-order valence-corrected chi connectivity index (χ2v) is 7.42. The summed E-state index contributed by atoms with van der Waals surface area (Å²) in [5.74, 6) is 1.04. The second kappa shape index (κ2) is 7.39. The van der Waals surface area contributed by atoms with Gasteiger partial charge in [-0.25, -0.2) is 9.97 Å². The van der Waals surface area contributed by atoms with Crippen molar-refractivity contribution in [2.75, 3.05) is 18.4 Å². The lowest BCUT2D eigenvalue weighted by atomic mass is 9.97. The van der Waals surface area contributed by atoms with Crippen molar-refractivity contribution >= 4 is 22.4 Å². The fourth-order valence-corrected chi connectivity index (χ4v) is 4.15. The number of carbonyl (C=O) groups excluding carboxylic acids is 1. The minimum Gasteiger partial charge on any atom is -0.463 e. The highest BCUT2D eigenvalue weighted by Gasteiger charge is 2.19. The van der Waals surface area contributed by atoms with Gasteiger partial charge in [-0.1, -0.05) is 0 Å². The van der Waals surface area contributed by atoms with Crippen molar-refractivity contribution < 1.29 is 9.21 Å². The van der Waals surface area contributed by atoms with Gasteiger partial charge < -0.3 is 9.73 Å². The molecule has 1 fully saturated rings. The molecule has 0 saturated carbocycles. The van der Waals surface area contributed by atoms with Crippen molar-refractivity contribution in [3.63, 3.8) is 0 Å². The molecule has 0 aromatic carbocycles. The fraction of sp³-hybridized carbons (Fsp3) is 0.316. The summed E-state index contributed by atoms with van der Waals surface area (Å²) in [7, 11) is 0. The minimum atomic E-state index is -0.188. The number of pyridine rings is 1. The molecule has 1 aliphatic heterocycles. The number of aryl methyl sites for hydroxylation is 1. The van der Waals surface area contributed by atoms with Crippen LogP contribution in [0.3, 0.4) is 0 Å². The molecular weight excluding hydrogens is 348 g/mol. The summed E-state index contributed by atoms with van der Waals surface area (Å²) >= 11 is 1.56. The number of thiazole rings is 1. The number of hydrogen-bond donors (Lipinski definition) is 2. The normalized spacial score (nSPS) is 15.1. The molecule has 1 saturated heterocycles. The molecule has 6 nitrogen and oxygen atoms in total. The molecule has 0 spiro atoms. The first-order valence-corrected chi connectivity index (χ1v) is 9.51. The average molecular weight is 368 g/mol. The Morgan fingerprint density at radius 1 is 1.31 bits per heavy atom. The highest BCUT2D eigenvalue weighted by Crippen LogP contribution is 2.32. The topological polar surface area (TPSA) is 80.1 Å². The third kappa shape index (κ3) is 3.54. The molecule has 4 rings (SSSR count). The number of anilines is 1. The summed E-state index contributed by atoms with van der Waals surface area (Å²) in [5, 5.41) is 6.91. The Hall–Kier alpha value is -2.51. The van der Waals surface area contributed by atoms with Gasteiger partial charge in [0.05, 0.1) is 17.5 Å². The Kier molecular flexibility index (Phi) is 4.81. The van der Waals surface area contributed by atoms with Crippen LogP contribution in [-0.4, -0.2) is 29.0 Å². The maximum Gasteiger partial charge on any atom is 0.259 e. The van der Waals surface area contributed by atoms with E-state index in [2.05, 4.69) is 20.6 Å². The SMILES string of the molecule is Cc1nc(-c2ccco2)ccc1C(=O)Nc1ncc(C2CCNCC2)s1. The zero-order chi connectivity index (χ0) is 17.9. The molecule has 3 aromatic rings. The first-order chi connectivity index (χ1) is 12.7. The Morgan fingerprint density at radius 2 is 2.15 bits per heavy atom. The third-order valence-corrected chi connectivity index (χ3v) is 5.66. The van der Waals surface area contributed by atoms with E-state index in [1.54, 1.807) is 29.7 Å². The van der Waals surface area contributed by atoms with Crippen molar-refractivity contribution in [3.8, 4) is 11.5 Å². The molecule has 3 aromatic heterocycles. The van der Waals surface area contributed by atoms with Gasteiger partial charge in [0.15, 0.2) is 10.9 Å². The van der Waals surface area contributed by atoms with Crippen molar-refractivity contribution in [1.29, 1.82) is 0 Å². The van der Waals surface area contributed by atoms with Gasteiger partial charge in [-0.15, -0.1) is 11.3 Å². The fourth-order valence-electron chi connectivity index (χ4n) is 3.17. The first-order valence-electron chi connectivity index (χ1n) is 8.70. The van der Waals surface area contributed by atoms with E-state index in [0.29, 0.717) is 33.8 Å². The number of amides is 1. The summed E-state index contributed by atoms with van der Waals surface area (Å²) in [5.41, 5.74) is 1.91. The number of nitrogens with zero attached hydrogens (tertiary/aromatic N) is 2. The summed E-state index contributed by atoms with van der Waals surface area (Å²) < 4.78 is 5.36. The van der Waals surface area contributed by atoms with E-state index in [1.165, 1.54) is 4.88 Å². The zero-order valence-corrected chi connectivity index (χ0v) is 15.3.